The molecule has 0 bridgehead atoms. The molecular weight excluding hydrogens is 362 g/mol. The molecule has 0 saturated carbocycles. The first-order valence-corrected chi connectivity index (χ1v) is 9.47. The third kappa shape index (κ3) is 3.87. The highest BCUT2D eigenvalue weighted by atomic mass is 16.2. The molecular formula is C24H19N3O2. The first-order valence-electron chi connectivity index (χ1n) is 9.47. The van der Waals surface area contributed by atoms with Gasteiger partial charge in [-0.3, -0.25) is 9.59 Å². The largest absolute Gasteiger partial charge is 0.322 e. The van der Waals surface area contributed by atoms with E-state index in [1.807, 2.05) is 24.3 Å². The molecule has 0 saturated heterocycles. The Balaban J connectivity index is 1.50. The molecule has 1 N–H and O–H groups in total. The average Bonchev–Trinajstić information content (AvgIpc) is 2.78. The zero-order chi connectivity index (χ0) is 20.2. The summed E-state index contributed by atoms with van der Waals surface area (Å²) < 4.78 is 0. The molecule has 0 spiro atoms. The fourth-order valence-corrected chi connectivity index (χ4v) is 3.53. The Bertz CT molecular complexity index is 1110. The number of anilines is 2. The van der Waals surface area contributed by atoms with Crippen LogP contribution in [0.15, 0.2) is 72.8 Å². The van der Waals surface area contributed by atoms with Crippen LogP contribution in [0, 0.1) is 11.3 Å². The Kier molecular flexibility index (Phi) is 5.08. The van der Waals surface area contributed by atoms with Gasteiger partial charge in [0.1, 0.15) is 0 Å². The number of aryl methyl sites for hydroxylation is 1. The number of carbonyl (C=O) groups excluding carboxylic acids is 2. The highest BCUT2D eigenvalue weighted by Crippen LogP contribution is 2.28. The number of fused-ring (bicyclic) bond motifs is 1. The molecule has 0 atom stereocenters. The lowest BCUT2D eigenvalue weighted by Crippen LogP contribution is -2.35. The molecule has 29 heavy (non-hydrogen) atoms. The number of rotatable bonds is 3. The Morgan fingerprint density at radius 2 is 1.69 bits per heavy atom. The summed E-state index contributed by atoms with van der Waals surface area (Å²) in [6.45, 7) is 0.688. The van der Waals surface area contributed by atoms with Crippen LogP contribution in [0.2, 0.25) is 0 Å². The third-order valence-corrected chi connectivity index (χ3v) is 5.00. The molecule has 3 aromatic rings. The van der Waals surface area contributed by atoms with Gasteiger partial charge in [-0.25, -0.2) is 0 Å². The van der Waals surface area contributed by atoms with Gasteiger partial charge in [0.2, 0.25) is 0 Å². The number of hydrogen-bond donors (Lipinski definition) is 1. The first-order chi connectivity index (χ1) is 14.2. The highest BCUT2D eigenvalue weighted by molar-refractivity contribution is 6.08. The Labute approximate surface area is 169 Å². The van der Waals surface area contributed by atoms with Crippen molar-refractivity contribution in [3.8, 4) is 6.07 Å². The maximum Gasteiger partial charge on any atom is 0.258 e. The number of hydrogen-bond acceptors (Lipinski definition) is 3. The van der Waals surface area contributed by atoms with Gasteiger partial charge in [-0.1, -0.05) is 24.3 Å². The van der Waals surface area contributed by atoms with Gasteiger partial charge >= 0.3 is 0 Å². The lowest BCUT2D eigenvalue weighted by atomic mass is 10.0. The van der Waals surface area contributed by atoms with Crippen molar-refractivity contribution < 1.29 is 9.59 Å². The number of nitrogens with one attached hydrogen (secondary N) is 1. The van der Waals surface area contributed by atoms with Crippen LogP contribution in [-0.2, 0) is 6.42 Å². The van der Waals surface area contributed by atoms with Crippen molar-refractivity contribution in [2.45, 2.75) is 12.8 Å². The summed E-state index contributed by atoms with van der Waals surface area (Å²) in [5, 5.41) is 11.7. The molecule has 0 fully saturated rings. The minimum Gasteiger partial charge on any atom is -0.322 e. The van der Waals surface area contributed by atoms with E-state index in [1.54, 1.807) is 53.4 Å². The van der Waals surface area contributed by atoms with E-state index in [2.05, 4.69) is 11.4 Å². The van der Waals surface area contributed by atoms with Gasteiger partial charge in [0, 0.05) is 29.0 Å². The van der Waals surface area contributed by atoms with Gasteiger partial charge < -0.3 is 10.2 Å². The van der Waals surface area contributed by atoms with E-state index >= 15 is 0 Å². The first kappa shape index (κ1) is 18.5. The van der Waals surface area contributed by atoms with Crippen molar-refractivity contribution in [3.05, 3.63) is 95.1 Å². The number of carbonyl (C=O) groups is 2. The highest BCUT2D eigenvalue weighted by Gasteiger charge is 2.23. The Morgan fingerprint density at radius 3 is 2.48 bits per heavy atom. The summed E-state index contributed by atoms with van der Waals surface area (Å²) in [5.74, 6) is -0.353. The molecule has 2 amide bonds. The molecule has 5 nitrogen and oxygen atoms in total. The minimum atomic E-state index is -0.289. The van der Waals surface area contributed by atoms with E-state index in [9.17, 15) is 9.59 Å². The molecule has 0 aliphatic carbocycles. The summed E-state index contributed by atoms with van der Waals surface area (Å²) in [4.78, 5) is 27.3. The monoisotopic (exact) mass is 381 g/mol. The van der Waals surface area contributed by atoms with Crippen molar-refractivity contribution in [3.63, 3.8) is 0 Å². The second-order valence-corrected chi connectivity index (χ2v) is 6.91. The van der Waals surface area contributed by atoms with Crippen LogP contribution in [0.4, 0.5) is 11.4 Å². The number of benzene rings is 3. The zero-order valence-corrected chi connectivity index (χ0v) is 15.8. The number of nitriles is 1. The fourth-order valence-electron chi connectivity index (χ4n) is 3.53. The summed E-state index contributed by atoms with van der Waals surface area (Å²) >= 11 is 0. The summed E-state index contributed by atoms with van der Waals surface area (Å²) in [6, 6.07) is 23.4. The zero-order valence-electron chi connectivity index (χ0n) is 15.8. The van der Waals surface area contributed by atoms with E-state index in [0.29, 0.717) is 28.9 Å². The van der Waals surface area contributed by atoms with Crippen LogP contribution in [-0.4, -0.2) is 18.4 Å². The SMILES string of the molecule is N#Cc1cccc(NC(=O)c2ccc(C(=O)N3CCCc4ccccc43)cc2)c1. The van der Waals surface area contributed by atoms with Crippen molar-refractivity contribution >= 4 is 23.2 Å². The standard InChI is InChI=1S/C24H19N3O2/c25-16-17-5-3-8-21(15-17)26-23(28)19-10-12-20(13-11-19)24(29)27-14-4-7-18-6-1-2-9-22(18)27/h1-3,5-6,8-13,15H,4,7,14H2,(H,26,28). The molecule has 0 radical (unpaired) electrons. The van der Waals surface area contributed by atoms with Crippen molar-refractivity contribution in [1.82, 2.24) is 0 Å². The molecule has 4 rings (SSSR count). The van der Waals surface area contributed by atoms with E-state index in [4.69, 9.17) is 5.26 Å². The van der Waals surface area contributed by atoms with Gasteiger partial charge in [-0.05, 0) is 66.9 Å². The predicted octanol–water partition coefficient (Wildman–Crippen LogP) is 4.40. The number of amides is 2. The molecule has 1 aliphatic heterocycles. The molecule has 3 aromatic carbocycles. The van der Waals surface area contributed by atoms with E-state index in [0.717, 1.165) is 18.5 Å². The van der Waals surface area contributed by atoms with Crippen LogP contribution >= 0.6 is 0 Å². The van der Waals surface area contributed by atoms with E-state index < -0.39 is 0 Å². The topological polar surface area (TPSA) is 73.2 Å². The van der Waals surface area contributed by atoms with Crippen LogP contribution in [0.1, 0.15) is 38.3 Å². The average molecular weight is 381 g/mol. The van der Waals surface area contributed by atoms with Gasteiger partial charge in [0.15, 0.2) is 0 Å². The maximum absolute atomic E-state index is 13.0. The third-order valence-electron chi connectivity index (χ3n) is 5.00. The van der Waals surface area contributed by atoms with Crippen molar-refractivity contribution in [1.29, 1.82) is 5.26 Å². The Hall–Kier alpha value is -3.91. The van der Waals surface area contributed by atoms with Gasteiger partial charge in [-0.2, -0.15) is 5.26 Å². The van der Waals surface area contributed by atoms with Crippen LogP contribution in [0.3, 0.4) is 0 Å². The summed E-state index contributed by atoms with van der Waals surface area (Å²) in [7, 11) is 0. The fraction of sp³-hybridized carbons (Fsp3) is 0.125. The number of nitrogens with zero attached hydrogens (tertiary/aromatic N) is 2. The molecule has 5 heteroatoms. The second-order valence-electron chi connectivity index (χ2n) is 6.91. The molecule has 1 aliphatic rings. The van der Waals surface area contributed by atoms with Gasteiger partial charge in [0.25, 0.3) is 11.8 Å². The second kappa shape index (κ2) is 7.99. The van der Waals surface area contributed by atoms with E-state index in [1.165, 1.54) is 5.56 Å². The molecule has 0 aromatic heterocycles. The van der Waals surface area contributed by atoms with Crippen molar-refractivity contribution in [2.24, 2.45) is 0 Å². The summed E-state index contributed by atoms with van der Waals surface area (Å²) in [5.41, 5.74) is 4.17. The minimum absolute atomic E-state index is 0.0640. The Morgan fingerprint density at radius 1 is 0.931 bits per heavy atom. The molecule has 1 heterocycles. The number of para-hydroxylation sites is 1. The van der Waals surface area contributed by atoms with E-state index in [-0.39, 0.29) is 11.8 Å². The predicted molar refractivity (Wildman–Crippen MR) is 112 cm³/mol. The smallest absolute Gasteiger partial charge is 0.258 e. The van der Waals surface area contributed by atoms with Crippen LogP contribution < -0.4 is 10.2 Å². The molecule has 0 unspecified atom stereocenters. The van der Waals surface area contributed by atoms with Crippen LogP contribution in [0.5, 0.6) is 0 Å². The van der Waals surface area contributed by atoms with Crippen LogP contribution in [0.25, 0.3) is 0 Å². The lowest BCUT2D eigenvalue weighted by molar-refractivity contribution is 0.0982. The molecule has 142 valence electrons. The maximum atomic E-state index is 13.0. The van der Waals surface area contributed by atoms with Crippen molar-refractivity contribution in [2.75, 3.05) is 16.8 Å². The normalized spacial score (nSPS) is 12.6. The van der Waals surface area contributed by atoms with Gasteiger partial charge in [0.05, 0.1) is 11.6 Å². The van der Waals surface area contributed by atoms with Gasteiger partial charge in [-0.15, -0.1) is 0 Å². The quantitative estimate of drug-likeness (QED) is 0.731. The summed E-state index contributed by atoms with van der Waals surface area (Å²) in [6.07, 6.45) is 1.91. The lowest BCUT2D eigenvalue weighted by Gasteiger charge is -2.29.